The van der Waals surface area contributed by atoms with E-state index in [2.05, 4.69) is 10.4 Å². The maximum Gasteiger partial charge on any atom is 0.256 e. The van der Waals surface area contributed by atoms with E-state index in [1.165, 1.54) is 11.8 Å². The number of nitrogens with one attached hydrogen (secondary N) is 1. The second kappa shape index (κ2) is 9.46. The van der Waals surface area contributed by atoms with E-state index < -0.39 is 5.91 Å². The van der Waals surface area contributed by atoms with Crippen molar-refractivity contribution in [1.29, 1.82) is 0 Å². The van der Waals surface area contributed by atoms with Crippen LogP contribution in [-0.2, 0) is 4.79 Å². The number of nitrogens with two attached hydrogens (primary N) is 1. The minimum absolute atomic E-state index is 0.0881. The first-order chi connectivity index (χ1) is 15.8. The van der Waals surface area contributed by atoms with Crippen molar-refractivity contribution in [3.63, 3.8) is 0 Å². The van der Waals surface area contributed by atoms with E-state index >= 15 is 0 Å². The van der Waals surface area contributed by atoms with Crippen LogP contribution in [0.4, 0.5) is 5.69 Å². The van der Waals surface area contributed by atoms with E-state index in [0.717, 1.165) is 16.0 Å². The second-order valence-corrected chi connectivity index (χ2v) is 9.06. The average Bonchev–Trinajstić information content (AvgIpc) is 3.22. The molecule has 168 valence electrons. The highest BCUT2D eigenvalue weighted by Crippen LogP contribution is 2.30. The summed E-state index contributed by atoms with van der Waals surface area (Å²) < 4.78 is 1.82. The standard InChI is InChI=1S/C25H25N5O2S/c1-15(2)30-24-19(13-27-30)18(12-21(28-24)17-10-8-16(3)9-11-17)25(32)29-20-6-4-5-7-22(20)33-14-23(26)31/h4-13,15H,14H2,1-3H3,(H2,26,31)(H,29,32). The number of carbonyl (C=O) groups excluding carboxylic acids is 2. The molecule has 0 aliphatic rings. The Kier molecular flexibility index (Phi) is 6.46. The van der Waals surface area contributed by atoms with Crippen LogP contribution < -0.4 is 11.1 Å². The van der Waals surface area contributed by atoms with Crippen LogP contribution >= 0.6 is 11.8 Å². The molecule has 33 heavy (non-hydrogen) atoms. The molecular weight excluding hydrogens is 434 g/mol. The number of thioether (sulfide) groups is 1. The van der Waals surface area contributed by atoms with Crippen molar-refractivity contribution in [3.8, 4) is 11.3 Å². The molecule has 8 heteroatoms. The SMILES string of the molecule is Cc1ccc(-c2cc(C(=O)Nc3ccccc3SCC(N)=O)c3cnn(C(C)C)c3n2)cc1. The lowest BCUT2D eigenvalue weighted by molar-refractivity contribution is -0.115. The number of aryl methyl sites for hydroxylation is 1. The molecule has 7 nitrogen and oxygen atoms in total. The third kappa shape index (κ3) is 4.90. The minimum atomic E-state index is -0.416. The number of anilines is 1. The molecule has 2 aromatic carbocycles. The predicted molar refractivity (Wildman–Crippen MR) is 132 cm³/mol. The maximum absolute atomic E-state index is 13.5. The largest absolute Gasteiger partial charge is 0.369 e. The molecular formula is C25H25N5O2S. The maximum atomic E-state index is 13.5. The summed E-state index contributed by atoms with van der Waals surface area (Å²) in [5, 5.41) is 8.15. The Hall–Kier alpha value is -3.65. The Balaban J connectivity index is 1.77. The zero-order valence-corrected chi connectivity index (χ0v) is 19.5. The highest BCUT2D eigenvalue weighted by atomic mass is 32.2. The number of fused-ring (bicyclic) bond motifs is 1. The number of hydrogen-bond acceptors (Lipinski definition) is 5. The van der Waals surface area contributed by atoms with Gasteiger partial charge in [0.25, 0.3) is 5.91 Å². The fourth-order valence-corrected chi connectivity index (χ4v) is 4.24. The van der Waals surface area contributed by atoms with E-state index in [4.69, 9.17) is 10.7 Å². The summed E-state index contributed by atoms with van der Waals surface area (Å²) >= 11 is 1.29. The van der Waals surface area contributed by atoms with Crippen LogP contribution in [0.2, 0.25) is 0 Å². The summed E-state index contributed by atoms with van der Waals surface area (Å²) in [5.74, 6) is -0.558. The van der Waals surface area contributed by atoms with E-state index in [9.17, 15) is 9.59 Å². The van der Waals surface area contributed by atoms with Gasteiger partial charge in [0.05, 0.1) is 34.3 Å². The summed E-state index contributed by atoms with van der Waals surface area (Å²) in [5.41, 5.74) is 9.82. The highest BCUT2D eigenvalue weighted by molar-refractivity contribution is 8.00. The topological polar surface area (TPSA) is 103 Å². The molecule has 2 aromatic heterocycles. The number of aromatic nitrogens is 3. The Labute approximate surface area is 196 Å². The smallest absolute Gasteiger partial charge is 0.256 e. The first kappa shape index (κ1) is 22.5. The molecule has 0 bridgehead atoms. The molecule has 0 saturated carbocycles. The molecule has 0 aliphatic heterocycles. The number of rotatable bonds is 7. The molecule has 0 unspecified atom stereocenters. The van der Waals surface area contributed by atoms with Crippen molar-refractivity contribution in [2.24, 2.45) is 5.73 Å². The molecule has 0 aliphatic carbocycles. The average molecular weight is 460 g/mol. The minimum Gasteiger partial charge on any atom is -0.369 e. The van der Waals surface area contributed by atoms with Gasteiger partial charge in [-0.15, -0.1) is 11.8 Å². The molecule has 2 amide bonds. The van der Waals surface area contributed by atoms with Gasteiger partial charge in [0.1, 0.15) is 0 Å². The van der Waals surface area contributed by atoms with Crippen LogP contribution in [0, 0.1) is 6.92 Å². The molecule has 4 aromatic rings. The number of hydrogen-bond donors (Lipinski definition) is 2. The van der Waals surface area contributed by atoms with Crippen molar-refractivity contribution in [2.75, 3.05) is 11.1 Å². The predicted octanol–water partition coefficient (Wildman–Crippen LogP) is 4.82. The second-order valence-electron chi connectivity index (χ2n) is 8.05. The third-order valence-electron chi connectivity index (χ3n) is 5.15. The van der Waals surface area contributed by atoms with Crippen LogP contribution in [0.5, 0.6) is 0 Å². The molecule has 0 fully saturated rings. The molecule has 0 radical (unpaired) electrons. The number of amides is 2. The zero-order chi connectivity index (χ0) is 23.5. The normalized spacial score (nSPS) is 11.2. The number of nitrogens with zero attached hydrogens (tertiary/aromatic N) is 3. The summed E-state index contributed by atoms with van der Waals surface area (Å²) in [6, 6.07) is 17.3. The van der Waals surface area contributed by atoms with Gasteiger partial charge in [-0.05, 0) is 39.0 Å². The van der Waals surface area contributed by atoms with Gasteiger partial charge in [-0.2, -0.15) is 5.10 Å². The summed E-state index contributed by atoms with van der Waals surface area (Å²) in [4.78, 5) is 30.3. The first-order valence-corrected chi connectivity index (χ1v) is 11.6. The molecule has 4 rings (SSSR count). The van der Waals surface area contributed by atoms with E-state index in [1.807, 2.05) is 67.9 Å². The fourth-order valence-electron chi connectivity index (χ4n) is 3.49. The van der Waals surface area contributed by atoms with Crippen molar-refractivity contribution in [1.82, 2.24) is 14.8 Å². The lowest BCUT2D eigenvalue weighted by atomic mass is 10.0. The van der Waals surface area contributed by atoms with E-state index in [1.54, 1.807) is 18.3 Å². The fraction of sp³-hybridized carbons (Fsp3) is 0.200. The van der Waals surface area contributed by atoms with Crippen molar-refractivity contribution in [3.05, 3.63) is 71.9 Å². The summed E-state index contributed by atoms with van der Waals surface area (Å²) in [6.45, 7) is 6.08. The van der Waals surface area contributed by atoms with Gasteiger partial charge in [-0.25, -0.2) is 9.67 Å². The number of pyridine rings is 1. The van der Waals surface area contributed by atoms with Gasteiger partial charge in [0.15, 0.2) is 5.65 Å². The lowest BCUT2D eigenvalue weighted by Gasteiger charge is -2.13. The zero-order valence-electron chi connectivity index (χ0n) is 18.7. The molecule has 0 saturated heterocycles. The van der Waals surface area contributed by atoms with Crippen LogP contribution in [0.1, 0.15) is 35.8 Å². The van der Waals surface area contributed by atoms with Crippen LogP contribution in [0.3, 0.4) is 0 Å². The molecule has 3 N–H and O–H groups in total. The Morgan fingerprint density at radius 1 is 1.12 bits per heavy atom. The summed E-state index contributed by atoms with van der Waals surface area (Å²) in [7, 11) is 0. The monoisotopic (exact) mass is 459 g/mol. The van der Waals surface area contributed by atoms with E-state index in [0.29, 0.717) is 28.0 Å². The van der Waals surface area contributed by atoms with Crippen molar-refractivity contribution >= 4 is 40.3 Å². The lowest BCUT2D eigenvalue weighted by Crippen LogP contribution is -2.15. The van der Waals surface area contributed by atoms with Crippen molar-refractivity contribution in [2.45, 2.75) is 31.7 Å². The van der Waals surface area contributed by atoms with Crippen LogP contribution in [0.15, 0.2) is 65.7 Å². The van der Waals surface area contributed by atoms with Gasteiger partial charge in [0, 0.05) is 16.5 Å². The quantitative estimate of drug-likeness (QED) is 0.386. The Bertz CT molecular complexity index is 1330. The van der Waals surface area contributed by atoms with E-state index in [-0.39, 0.29) is 17.7 Å². The molecule has 2 heterocycles. The van der Waals surface area contributed by atoms with Gasteiger partial charge in [-0.1, -0.05) is 42.0 Å². The van der Waals surface area contributed by atoms with Gasteiger partial charge < -0.3 is 11.1 Å². The van der Waals surface area contributed by atoms with Gasteiger partial charge in [-0.3, -0.25) is 9.59 Å². The van der Waals surface area contributed by atoms with Crippen molar-refractivity contribution < 1.29 is 9.59 Å². The van der Waals surface area contributed by atoms with Gasteiger partial charge >= 0.3 is 0 Å². The number of para-hydroxylation sites is 1. The van der Waals surface area contributed by atoms with Crippen LogP contribution in [-0.4, -0.2) is 32.3 Å². The number of primary amides is 1. The molecule has 0 spiro atoms. The highest BCUT2D eigenvalue weighted by Gasteiger charge is 2.19. The number of benzene rings is 2. The summed E-state index contributed by atoms with van der Waals surface area (Å²) in [6.07, 6.45) is 1.68. The Morgan fingerprint density at radius 3 is 2.55 bits per heavy atom. The Morgan fingerprint density at radius 2 is 1.85 bits per heavy atom. The number of carbonyl (C=O) groups is 2. The molecule has 0 atom stereocenters. The third-order valence-corrected chi connectivity index (χ3v) is 6.25. The van der Waals surface area contributed by atoms with Gasteiger partial charge in [0.2, 0.25) is 5.91 Å². The first-order valence-electron chi connectivity index (χ1n) is 10.6. The van der Waals surface area contributed by atoms with Crippen LogP contribution in [0.25, 0.3) is 22.3 Å².